The number of thiazole rings is 1. The second kappa shape index (κ2) is 7.14. The van der Waals surface area contributed by atoms with Crippen LogP contribution in [0.15, 0.2) is 22.1 Å². The zero-order valence-corrected chi connectivity index (χ0v) is 14.4. The van der Waals surface area contributed by atoms with Crippen LogP contribution in [-0.4, -0.2) is 41.5 Å². The van der Waals surface area contributed by atoms with Gasteiger partial charge in [-0.2, -0.15) is 0 Å². The van der Waals surface area contributed by atoms with Gasteiger partial charge < -0.3 is 14.5 Å². The van der Waals surface area contributed by atoms with Gasteiger partial charge in [-0.15, -0.1) is 11.3 Å². The van der Waals surface area contributed by atoms with Crippen molar-refractivity contribution in [2.24, 2.45) is 0 Å². The molecule has 0 aliphatic carbocycles. The van der Waals surface area contributed by atoms with Gasteiger partial charge in [0.05, 0.1) is 19.7 Å². The van der Waals surface area contributed by atoms with E-state index in [0.717, 1.165) is 24.9 Å². The number of carbonyl (C=O) groups excluding carboxylic acids is 2. The monoisotopic (exact) mass is 349 g/mol. The summed E-state index contributed by atoms with van der Waals surface area (Å²) in [6, 6.07) is 1.60. The first-order valence-corrected chi connectivity index (χ1v) is 8.58. The standard InChI is InChI=1S/C16H19N3O4S/c1-10-8-11(23-13(10)15(21)22-2)9-19-6-3-4-12(19)14(20)18-16-17-5-7-24-16/h5,7-8,12H,3-4,6,9H2,1-2H3,(H,17,18,20)/t12-/m0/s1. The van der Waals surface area contributed by atoms with Crippen LogP contribution in [0.3, 0.4) is 0 Å². The molecular formula is C16H19N3O4S. The third-order valence-electron chi connectivity index (χ3n) is 4.03. The van der Waals surface area contributed by atoms with Crippen LogP contribution in [-0.2, 0) is 16.1 Å². The Morgan fingerprint density at radius 3 is 3.08 bits per heavy atom. The second-order valence-corrected chi connectivity index (χ2v) is 6.57. The van der Waals surface area contributed by atoms with Crippen LogP contribution in [0.25, 0.3) is 0 Å². The third-order valence-corrected chi connectivity index (χ3v) is 4.72. The second-order valence-electron chi connectivity index (χ2n) is 5.67. The first-order chi connectivity index (χ1) is 11.6. The van der Waals surface area contributed by atoms with Gasteiger partial charge in [-0.3, -0.25) is 9.69 Å². The average molecular weight is 349 g/mol. The molecule has 0 radical (unpaired) electrons. The van der Waals surface area contributed by atoms with Crippen molar-refractivity contribution in [2.45, 2.75) is 32.4 Å². The number of hydrogen-bond acceptors (Lipinski definition) is 7. The van der Waals surface area contributed by atoms with Crippen LogP contribution in [0.1, 0.15) is 34.7 Å². The molecule has 0 bridgehead atoms. The summed E-state index contributed by atoms with van der Waals surface area (Å²) in [5.41, 5.74) is 0.736. The molecular weight excluding hydrogens is 330 g/mol. The van der Waals surface area contributed by atoms with Gasteiger partial charge in [0.25, 0.3) is 0 Å². The van der Waals surface area contributed by atoms with E-state index in [4.69, 9.17) is 9.15 Å². The lowest BCUT2D eigenvalue weighted by molar-refractivity contribution is -0.120. The highest BCUT2D eigenvalue weighted by Crippen LogP contribution is 2.24. The number of aromatic nitrogens is 1. The number of rotatable bonds is 5. The zero-order valence-electron chi connectivity index (χ0n) is 13.6. The van der Waals surface area contributed by atoms with Gasteiger partial charge in [-0.1, -0.05) is 0 Å². The number of nitrogens with one attached hydrogen (secondary N) is 1. The summed E-state index contributed by atoms with van der Waals surface area (Å²) in [6.45, 7) is 3.09. The molecule has 1 amide bonds. The summed E-state index contributed by atoms with van der Waals surface area (Å²) < 4.78 is 10.3. The molecule has 1 aliphatic rings. The van der Waals surface area contributed by atoms with E-state index in [-0.39, 0.29) is 17.7 Å². The quantitative estimate of drug-likeness (QED) is 0.835. The lowest BCUT2D eigenvalue weighted by Crippen LogP contribution is -2.39. The van der Waals surface area contributed by atoms with E-state index in [1.54, 1.807) is 13.1 Å². The molecule has 3 rings (SSSR count). The van der Waals surface area contributed by atoms with Gasteiger partial charge in [0, 0.05) is 17.1 Å². The maximum absolute atomic E-state index is 12.4. The fourth-order valence-electron chi connectivity index (χ4n) is 2.91. The molecule has 1 aliphatic heterocycles. The molecule has 1 saturated heterocycles. The van der Waals surface area contributed by atoms with E-state index in [9.17, 15) is 9.59 Å². The molecule has 2 aromatic heterocycles. The Balaban J connectivity index is 1.67. The van der Waals surface area contributed by atoms with Crippen molar-refractivity contribution in [1.29, 1.82) is 0 Å². The smallest absolute Gasteiger partial charge is 0.374 e. The highest BCUT2D eigenvalue weighted by Gasteiger charge is 2.32. The fourth-order valence-corrected chi connectivity index (χ4v) is 3.44. The molecule has 0 unspecified atom stereocenters. The van der Waals surface area contributed by atoms with Gasteiger partial charge in [0.2, 0.25) is 11.7 Å². The van der Waals surface area contributed by atoms with E-state index >= 15 is 0 Å². The Morgan fingerprint density at radius 2 is 2.38 bits per heavy atom. The number of esters is 1. The average Bonchev–Trinajstić information content (AvgIpc) is 3.28. The first kappa shape index (κ1) is 16.7. The zero-order chi connectivity index (χ0) is 17.1. The molecule has 0 spiro atoms. The summed E-state index contributed by atoms with van der Waals surface area (Å²) in [7, 11) is 1.32. The summed E-state index contributed by atoms with van der Waals surface area (Å²) in [5, 5.41) is 5.27. The van der Waals surface area contributed by atoms with Crippen molar-refractivity contribution in [1.82, 2.24) is 9.88 Å². The molecule has 8 heteroatoms. The van der Waals surface area contributed by atoms with Gasteiger partial charge in [0.1, 0.15) is 5.76 Å². The minimum absolute atomic E-state index is 0.0566. The highest BCUT2D eigenvalue weighted by atomic mass is 32.1. The molecule has 0 saturated carbocycles. The van der Waals surface area contributed by atoms with Crippen molar-refractivity contribution < 1.29 is 18.7 Å². The molecule has 24 heavy (non-hydrogen) atoms. The van der Waals surface area contributed by atoms with Crippen molar-refractivity contribution in [2.75, 3.05) is 19.0 Å². The predicted molar refractivity (Wildman–Crippen MR) is 89.0 cm³/mol. The van der Waals surface area contributed by atoms with Gasteiger partial charge >= 0.3 is 5.97 Å². The molecule has 3 heterocycles. The number of carbonyl (C=O) groups is 2. The van der Waals surface area contributed by atoms with Crippen molar-refractivity contribution in [3.8, 4) is 0 Å². The summed E-state index contributed by atoms with van der Waals surface area (Å²) >= 11 is 1.39. The third kappa shape index (κ3) is 3.49. The summed E-state index contributed by atoms with van der Waals surface area (Å²) in [4.78, 5) is 30.2. The van der Waals surface area contributed by atoms with Crippen molar-refractivity contribution in [3.63, 3.8) is 0 Å². The van der Waals surface area contributed by atoms with Crippen molar-refractivity contribution in [3.05, 3.63) is 34.7 Å². The van der Waals surface area contributed by atoms with E-state index in [1.807, 2.05) is 11.4 Å². The van der Waals surface area contributed by atoms with Crippen LogP contribution in [0.5, 0.6) is 0 Å². The number of anilines is 1. The number of amides is 1. The van der Waals surface area contributed by atoms with Crippen LogP contribution in [0, 0.1) is 6.92 Å². The Kier molecular flexibility index (Phi) is 4.96. The molecule has 1 fully saturated rings. The molecule has 1 N–H and O–H groups in total. The summed E-state index contributed by atoms with van der Waals surface area (Å²) in [5.74, 6) is 0.328. The number of aryl methyl sites for hydroxylation is 1. The number of nitrogens with zero attached hydrogens (tertiary/aromatic N) is 2. The Labute approximate surface area is 143 Å². The number of likely N-dealkylation sites (tertiary alicyclic amines) is 1. The number of ether oxygens (including phenoxy) is 1. The fraction of sp³-hybridized carbons (Fsp3) is 0.438. The number of hydrogen-bond donors (Lipinski definition) is 1. The Bertz CT molecular complexity index is 726. The maximum atomic E-state index is 12.4. The number of methoxy groups -OCH3 is 1. The Hall–Kier alpha value is -2.19. The molecule has 1 atom stereocenters. The Morgan fingerprint density at radius 1 is 1.54 bits per heavy atom. The van der Waals surface area contributed by atoms with E-state index < -0.39 is 5.97 Å². The molecule has 0 aromatic carbocycles. The topological polar surface area (TPSA) is 84.7 Å². The largest absolute Gasteiger partial charge is 0.463 e. The van der Waals surface area contributed by atoms with Crippen LogP contribution in [0.2, 0.25) is 0 Å². The SMILES string of the molecule is COC(=O)c1oc(CN2CCC[C@H]2C(=O)Nc2nccs2)cc1C. The highest BCUT2D eigenvalue weighted by molar-refractivity contribution is 7.13. The lowest BCUT2D eigenvalue weighted by atomic mass is 10.2. The van der Waals surface area contributed by atoms with E-state index in [1.165, 1.54) is 18.4 Å². The van der Waals surface area contributed by atoms with Crippen LogP contribution >= 0.6 is 11.3 Å². The minimum atomic E-state index is -0.488. The van der Waals surface area contributed by atoms with E-state index in [0.29, 0.717) is 17.4 Å². The van der Waals surface area contributed by atoms with Crippen LogP contribution < -0.4 is 5.32 Å². The maximum Gasteiger partial charge on any atom is 0.374 e. The van der Waals surface area contributed by atoms with Crippen molar-refractivity contribution >= 4 is 28.3 Å². The summed E-state index contributed by atoms with van der Waals surface area (Å²) in [6.07, 6.45) is 3.40. The van der Waals surface area contributed by atoms with E-state index in [2.05, 4.69) is 15.2 Å². The predicted octanol–water partition coefficient (Wildman–Crippen LogP) is 2.43. The molecule has 7 nitrogen and oxygen atoms in total. The minimum Gasteiger partial charge on any atom is -0.463 e. The van der Waals surface area contributed by atoms with Gasteiger partial charge in [0.15, 0.2) is 5.13 Å². The van der Waals surface area contributed by atoms with Gasteiger partial charge in [-0.25, -0.2) is 9.78 Å². The lowest BCUT2D eigenvalue weighted by Gasteiger charge is -2.22. The molecule has 2 aromatic rings. The van der Waals surface area contributed by atoms with Gasteiger partial charge in [-0.05, 0) is 32.4 Å². The van der Waals surface area contributed by atoms with Crippen LogP contribution in [0.4, 0.5) is 5.13 Å². The first-order valence-electron chi connectivity index (χ1n) is 7.70. The molecule has 128 valence electrons. The normalized spacial score (nSPS) is 17.8. The number of furan rings is 1.